The monoisotopic (exact) mass is 451 g/mol. The molecule has 3 rings (SSSR count). The zero-order chi connectivity index (χ0) is 21.4. The zero-order valence-electron chi connectivity index (χ0n) is 17.3. The van der Waals surface area contributed by atoms with Crippen LogP contribution >= 0.6 is 11.3 Å². The van der Waals surface area contributed by atoms with Gasteiger partial charge in [-0.3, -0.25) is 9.69 Å². The van der Waals surface area contributed by atoms with E-state index in [0.717, 1.165) is 42.3 Å². The lowest BCUT2D eigenvalue weighted by Gasteiger charge is -2.26. The van der Waals surface area contributed by atoms with Crippen molar-refractivity contribution in [1.82, 2.24) is 4.90 Å². The Hall–Kier alpha value is -1.90. The average Bonchev–Trinajstić information content (AvgIpc) is 3.30. The maximum atomic E-state index is 13.0. The quantitative estimate of drug-likeness (QED) is 0.514. The van der Waals surface area contributed by atoms with Crippen molar-refractivity contribution < 1.29 is 22.7 Å². The van der Waals surface area contributed by atoms with Gasteiger partial charge in [-0.25, -0.2) is 8.42 Å². The van der Waals surface area contributed by atoms with Crippen LogP contribution < -0.4 is 4.74 Å². The SMILES string of the molecule is CCOC(=O)C(Cc1ccc(OCCN2CCCCC2)cc1)S(=O)(=O)c1cccs1. The van der Waals surface area contributed by atoms with E-state index in [1.165, 1.54) is 25.3 Å². The van der Waals surface area contributed by atoms with Gasteiger partial charge in [0.1, 0.15) is 16.6 Å². The molecule has 1 atom stereocenters. The second-order valence-electron chi connectivity index (χ2n) is 7.32. The molecule has 0 saturated carbocycles. The van der Waals surface area contributed by atoms with Gasteiger partial charge in [-0.05, 0) is 62.0 Å². The number of likely N-dealkylation sites (tertiary alicyclic amines) is 1. The lowest BCUT2D eigenvalue weighted by molar-refractivity contribution is -0.142. The first-order valence-electron chi connectivity index (χ1n) is 10.4. The van der Waals surface area contributed by atoms with E-state index in [-0.39, 0.29) is 17.2 Å². The maximum absolute atomic E-state index is 13.0. The second-order valence-corrected chi connectivity index (χ2v) is 10.6. The molecule has 1 saturated heterocycles. The van der Waals surface area contributed by atoms with Crippen molar-refractivity contribution in [2.45, 2.75) is 42.1 Å². The Labute approximate surface area is 182 Å². The number of hydrogen-bond donors (Lipinski definition) is 0. The highest BCUT2D eigenvalue weighted by Crippen LogP contribution is 2.25. The van der Waals surface area contributed by atoms with Crippen LogP contribution in [-0.2, 0) is 25.8 Å². The number of ether oxygens (including phenoxy) is 2. The number of carbonyl (C=O) groups is 1. The highest BCUT2D eigenvalue weighted by molar-refractivity contribution is 7.94. The van der Waals surface area contributed by atoms with E-state index < -0.39 is 21.1 Å². The molecule has 164 valence electrons. The van der Waals surface area contributed by atoms with Gasteiger partial charge in [-0.2, -0.15) is 0 Å². The molecular weight excluding hydrogens is 422 g/mol. The highest BCUT2D eigenvalue weighted by Gasteiger charge is 2.36. The van der Waals surface area contributed by atoms with E-state index >= 15 is 0 Å². The molecule has 0 bridgehead atoms. The van der Waals surface area contributed by atoms with Gasteiger partial charge in [0.2, 0.25) is 9.84 Å². The second kappa shape index (κ2) is 10.9. The summed E-state index contributed by atoms with van der Waals surface area (Å²) in [5.41, 5.74) is 0.747. The van der Waals surface area contributed by atoms with Gasteiger partial charge in [0, 0.05) is 13.0 Å². The molecule has 6 nitrogen and oxygen atoms in total. The Morgan fingerprint density at radius 3 is 2.50 bits per heavy atom. The highest BCUT2D eigenvalue weighted by atomic mass is 32.2. The molecule has 2 aromatic rings. The van der Waals surface area contributed by atoms with E-state index in [1.807, 2.05) is 24.3 Å². The van der Waals surface area contributed by atoms with E-state index in [2.05, 4.69) is 4.90 Å². The first kappa shape index (κ1) is 22.8. The third-order valence-electron chi connectivity index (χ3n) is 5.17. The molecule has 0 radical (unpaired) electrons. The van der Waals surface area contributed by atoms with Crippen LogP contribution in [0.3, 0.4) is 0 Å². The summed E-state index contributed by atoms with van der Waals surface area (Å²) in [7, 11) is -3.81. The summed E-state index contributed by atoms with van der Waals surface area (Å²) >= 11 is 1.11. The Bertz CT molecular complexity index is 888. The zero-order valence-corrected chi connectivity index (χ0v) is 18.9. The van der Waals surface area contributed by atoms with Crippen LogP contribution in [0.5, 0.6) is 5.75 Å². The predicted molar refractivity (Wildman–Crippen MR) is 118 cm³/mol. The van der Waals surface area contributed by atoms with E-state index in [0.29, 0.717) is 6.61 Å². The molecule has 1 aromatic carbocycles. The van der Waals surface area contributed by atoms with Gasteiger partial charge in [0.05, 0.1) is 6.61 Å². The summed E-state index contributed by atoms with van der Waals surface area (Å²) < 4.78 is 37.0. The van der Waals surface area contributed by atoms with Gasteiger partial charge in [-0.1, -0.05) is 24.6 Å². The van der Waals surface area contributed by atoms with Crippen LogP contribution in [0, 0.1) is 0 Å². The lowest BCUT2D eigenvalue weighted by atomic mass is 10.1. The minimum atomic E-state index is -3.81. The number of hydrogen-bond acceptors (Lipinski definition) is 7. The number of nitrogens with zero attached hydrogens (tertiary/aromatic N) is 1. The van der Waals surface area contributed by atoms with Crippen molar-refractivity contribution in [1.29, 1.82) is 0 Å². The van der Waals surface area contributed by atoms with Crippen molar-refractivity contribution in [3.63, 3.8) is 0 Å². The Kier molecular flexibility index (Phi) is 8.30. The van der Waals surface area contributed by atoms with E-state index in [1.54, 1.807) is 18.4 Å². The Morgan fingerprint density at radius 2 is 1.87 bits per heavy atom. The molecule has 1 unspecified atom stereocenters. The third kappa shape index (κ3) is 6.06. The van der Waals surface area contributed by atoms with Crippen LogP contribution in [-0.4, -0.2) is 57.4 Å². The summed E-state index contributed by atoms with van der Waals surface area (Å²) in [6.45, 7) is 5.61. The molecule has 1 aliphatic heterocycles. The lowest BCUT2D eigenvalue weighted by Crippen LogP contribution is -2.34. The van der Waals surface area contributed by atoms with Crippen LogP contribution in [0.1, 0.15) is 31.7 Å². The molecule has 2 heterocycles. The maximum Gasteiger partial charge on any atom is 0.325 e. The fraction of sp³-hybridized carbons (Fsp3) is 0.500. The molecule has 30 heavy (non-hydrogen) atoms. The molecule has 0 amide bonds. The van der Waals surface area contributed by atoms with Crippen molar-refractivity contribution in [3.05, 3.63) is 47.3 Å². The first-order valence-corrected chi connectivity index (χ1v) is 12.8. The molecule has 1 aliphatic rings. The van der Waals surface area contributed by atoms with E-state index in [4.69, 9.17) is 9.47 Å². The van der Waals surface area contributed by atoms with Gasteiger partial charge in [0.25, 0.3) is 0 Å². The third-order valence-corrected chi connectivity index (χ3v) is 8.62. The summed E-state index contributed by atoms with van der Waals surface area (Å²) in [5, 5.41) is 0.424. The summed E-state index contributed by atoms with van der Waals surface area (Å²) in [5.74, 6) is 0.0253. The largest absolute Gasteiger partial charge is 0.492 e. The summed E-state index contributed by atoms with van der Waals surface area (Å²) in [6.07, 6.45) is 3.89. The molecule has 0 N–H and O–H groups in total. The number of thiophene rings is 1. The van der Waals surface area contributed by atoms with Crippen LogP contribution in [0.2, 0.25) is 0 Å². The van der Waals surface area contributed by atoms with E-state index in [9.17, 15) is 13.2 Å². The van der Waals surface area contributed by atoms with Crippen LogP contribution in [0.15, 0.2) is 46.0 Å². The van der Waals surface area contributed by atoms with Crippen molar-refractivity contribution >= 4 is 27.1 Å². The normalized spacial score (nSPS) is 16.2. The molecule has 8 heteroatoms. The molecule has 1 aromatic heterocycles. The standard InChI is InChI=1S/C22H29NO5S2/c1-2-27-22(24)20(30(25,26)21-7-6-16-29-21)17-18-8-10-19(11-9-18)28-15-14-23-12-4-3-5-13-23/h6-11,16,20H,2-5,12-15,17H2,1H3. The van der Waals surface area contributed by atoms with Crippen molar-refractivity contribution in [2.75, 3.05) is 32.8 Å². The number of carbonyl (C=O) groups excluding carboxylic acids is 1. The average molecular weight is 452 g/mol. The number of rotatable bonds is 10. The number of benzene rings is 1. The van der Waals surface area contributed by atoms with Gasteiger partial charge >= 0.3 is 5.97 Å². The van der Waals surface area contributed by atoms with Gasteiger partial charge < -0.3 is 9.47 Å². The molecule has 0 aliphatic carbocycles. The summed E-state index contributed by atoms with van der Waals surface area (Å²) in [6, 6.07) is 10.5. The van der Waals surface area contributed by atoms with Crippen molar-refractivity contribution in [3.8, 4) is 5.75 Å². The minimum absolute atomic E-state index is 0.0626. The fourth-order valence-corrected chi connectivity index (χ4v) is 6.31. The van der Waals surface area contributed by atoms with Gasteiger partial charge in [-0.15, -0.1) is 11.3 Å². The fourth-order valence-electron chi connectivity index (χ4n) is 3.53. The Balaban J connectivity index is 1.62. The minimum Gasteiger partial charge on any atom is -0.492 e. The smallest absolute Gasteiger partial charge is 0.325 e. The first-order chi connectivity index (χ1) is 14.5. The molecule has 1 fully saturated rings. The van der Waals surface area contributed by atoms with Crippen LogP contribution in [0.25, 0.3) is 0 Å². The number of piperidine rings is 1. The Morgan fingerprint density at radius 1 is 1.13 bits per heavy atom. The molecular formula is C22H29NO5S2. The van der Waals surface area contributed by atoms with Crippen LogP contribution in [0.4, 0.5) is 0 Å². The number of esters is 1. The summed E-state index contributed by atoms with van der Waals surface area (Å²) in [4.78, 5) is 14.8. The topological polar surface area (TPSA) is 72.9 Å². The molecule has 0 spiro atoms. The number of sulfone groups is 1. The van der Waals surface area contributed by atoms with Crippen molar-refractivity contribution in [2.24, 2.45) is 0 Å². The predicted octanol–water partition coefficient (Wildman–Crippen LogP) is 3.56. The van der Waals surface area contributed by atoms with Gasteiger partial charge in [0.15, 0.2) is 5.25 Å².